The molecule has 3 heteroatoms. The highest BCUT2D eigenvalue weighted by molar-refractivity contribution is 4.79. The lowest BCUT2D eigenvalue weighted by molar-refractivity contribution is 0.191. The average Bonchev–Trinajstić information content (AvgIpc) is 2.14. The quantitative estimate of drug-likeness (QED) is 0.495. The van der Waals surface area contributed by atoms with Gasteiger partial charge in [-0.1, -0.05) is 0 Å². The van der Waals surface area contributed by atoms with E-state index in [1.54, 1.807) is 0 Å². The fraction of sp³-hybridized carbons (Fsp3) is 1.00. The predicted molar refractivity (Wildman–Crippen MR) is 28.4 cm³/mol. The number of nitrogens with one attached hydrogen (secondary N) is 1. The Kier molecular flexibility index (Phi) is 1.81. The molecule has 8 heavy (non-hydrogen) atoms. The Morgan fingerprint density at radius 2 is 2.50 bits per heavy atom. The van der Waals surface area contributed by atoms with Crippen LogP contribution in [0.1, 0.15) is 6.42 Å². The number of rotatable bonds is 1. The molecule has 0 aromatic heterocycles. The molecule has 0 bridgehead atoms. The zero-order valence-corrected chi connectivity index (χ0v) is 4.60. The number of halogens is 1. The Morgan fingerprint density at radius 1 is 1.75 bits per heavy atom. The summed E-state index contributed by atoms with van der Waals surface area (Å²) >= 11 is 0. The highest BCUT2D eigenvalue weighted by atomic mass is 19.1. The van der Waals surface area contributed by atoms with Crippen LogP contribution in [0.4, 0.5) is 4.39 Å². The van der Waals surface area contributed by atoms with Crippen molar-refractivity contribution in [3.05, 3.63) is 0 Å². The minimum atomic E-state index is -0.364. The van der Waals surface area contributed by atoms with Crippen LogP contribution in [0.5, 0.6) is 0 Å². The molecular formula is C5H10FNO. The van der Waals surface area contributed by atoms with Crippen molar-refractivity contribution in [1.29, 1.82) is 0 Å². The highest BCUT2D eigenvalue weighted by Gasteiger charge is 2.20. The first-order valence-corrected chi connectivity index (χ1v) is 2.80. The van der Waals surface area contributed by atoms with Crippen LogP contribution in [-0.2, 0) is 0 Å². The molecule has 2 N–H and O–H groups in total. The SMILES string of the molecule is O[C@H]1CN[C@@H](CF)C1. The van der Waals surface area contributed by atoms with Crippen LogP contribution >= 0.6 is 0 Å². The van der Waals surface area contributed by atoms with Crippen LogP contribution in [0, 0.1) is 0 Å². The van der Waals surface area contributed by atoms with Gasteiger partial charge in [-0.05, 0) is 6.42 Å². The van der Waals surface area contributed by atoms with Gasteiger partial charge in [-0.3, -0.25) is 0 Å². The van der Waals surface area contributed by atoms with Gasteiger partial charge in [-0.2, -0.15) is 0 Å². The molecule has 0 amide bonds. The summed E-state index contributed by atoms with van der Waals surface area (Å²) in [5.74, 6) is 0. The lowest BCUT2D eigenvalue weighted by atomic mass is 10.2. The molecule has 0 unspecified atom stereocenters. The third-order valence-electron chi connectivity index (χ3n) is 1.39. The van der Waals surface area contributed by atoms with Gasteiger partial charge in [-0.25, -0.2) is 4.39 Å². The Balaban J connectivity index is 2.22. The summed E-state index contributed by atoms with van der Waals surface area (Å²) < 4.78 is 11.7. The molecule has 0 aromatic carbocycles. The molecule has 1 aliphatic rings. The summed E-state index contributed by atoms with van der Waals surface area (Å²) in [7, 11) is 0. The molecule has 48 valence electrons. The maximum Gasteiger partial charge on any atom is 0.105 e. The standard InChI is InChI=1S/C5H10FNO/c6-2-4-1-5(8)3-7-4/h4-5,7-8H,1-3H2/t4-,5-/m1/s1. The molecule has 0 aliphatic carbocycles. The molecule has 0 aromatic rings. The summed E-state index contributed by atoms with van der Waals surface area (Å²) in [5, 5.41) is 11.6. The zero-order chi connectivity index (χ0) is 5.98. The summed E-state index contributed by atoms with van der Waals surface area (Å²) in [5.41, 5.74) is 0. The molecule has 2 atom stereocenters. The van der Waals surface area contributed by atoms with Crippen molar-refractivity contribution in [2.45, 2.75) is 18.6 Å². The van der Waals surface area contributed by atoms with Gasteiger partial charge in [0.15, 0.2) is 0 Å². The lowest BCUT2D eigenvalue weighted by Crippen LogP contribution is -2.22. The highest BCUT2D eigenvalue weighted by Crippen LogP contribution is 2.05. The van der Waals surface area contributed by atoms with Gasteiger partial charge in [0.25, 0.3) is 0 Å². The van der Waals surface area contributed by atoms with Crippen molar-refractivity contribution in [2.24, 2.45) is 0 Å². The van der Waals surface area contributed by atoms with Crippen LogP contribution in [0.2, 0.25) is 0 Å². The second-order valence-corrected chi connectivity index (χ2v) is 2.15. The Morgan fingerprint density at radius 3 is 2.75 bits per heavy atom. The average molecular weight is 119 g/mol. The lowest BCUT2D eigenvalue weighted by Gasteiger charge is -1.99. The van der Waals surface area contributed by atoms with Crippen LogP contribution in [0.25, 0.3) is 0 Å². The molecule has 1 heterocycles. The van der Waals surface area contributed by atoms with Gasteiger partial charge in [0.1, 0.15) is 6.67 Å². The van der Waals surface area contributed by atoms with E-state index < -0.39 is 0 Å². The number of hydrogen-bond acceptors (Lipinski definition) is 2. The third kappa shape index (κ3) is 1.17. The van der Waals surface area contributed by atoms with E-state index in [1.807, 2.05) is 0 Å². The van der Waals surface area contributed by atoms with E-state index in [2.05, 4.69) is 5.32 Å². The summed E-state index contributed by atoms with van der Waals surface area (Å²) in [6.07, 6.45) is 0.243. The molecule has 2 nitrogen and oxygen atoms in total. The Hall–Kier alpha value is -0.150. The molecule has 1 saturated heterocycles. The molecule has 0 saturated carbocycles. The minimum absolute atomic E-state index is 0.0926. The second-order valence-electron chi connectivity index (χ2n) is 2.15. The summed E-state index contributed by atoms with van der Waals surface area (Å²) in [4.78, 5) is 0. The maximum absolute atomic E-state index is 11.7. The van der Waals surface area contributed by atoms with E-state index in [4.69, 9.17) is 5.11 Å². The van der Waals surface area contributed by atoms with Gasteiger partial charge in [0, 0.05) is 12.6 Å². The van der Waals surface area contributed by atoms with Gasteiger partial charge >= 0.3 is 0 Å². The van der Waals surface area contributed by atoms with Crippen LogP contribution in [-0.4, -0.2) is 30.5 Å². The van der Waals surface area contributed by atoms with Crippen LogP contribution in [0.15, 0.2) is 0 Å². The van der Waals surface area contributed by atoms with Crippen LogP contribution < -0.4 is 5.32 Å². The van der Waals surface area contributed by atoms with Gasteiger partial charge in [-0.15, -0.1) is 0 Å². The van der Waals surface area contributed by atoms with Crippen molar-refractivity contribution in [3.8, 4) is 0 Å². The number of alkyl halides is 1. The molecule has 0 radical (unpaired) electrons. The zero-order valence-electron chi connectivity index (χ0n) is 4.60. The maximum atomic E-state index is 11.7. The van der Waals surface area contributed by atoms with E-state index in [0.717, 1.165) is 0 Å². The first-order valence-electron chi connectivity index (χ1n) is 2.80. The predicted octanol–water partition coefficient (Wildman–Crippen LogP) is -0.321. The normalized spacial score (nSPS) is 38.2. The molecule has 1 fully saturated rings. The van der Waals surface area contributed by atoms with Crippen LogP contribution in [0.3, 0.4) is 0 Å². The molecular weight excluding hydrogens is 109 g/mol. The van der Waals surface area contributed by atoms with E-state index >= 15 is 0 Å². The van der Waals surface area contributed by atoms with Gasteiger partial charge in [0.05, 0.1) is 6.10 Å². The van der Waals surface area contributed by atoms with Crippen molar-refractivity contribution in [3.63, 3.8) is 0 Å². The van der Waals surface area contributed by atoms with E-state index in [1.165, 1.54) is 0 Å². The number of aliphatic hydroxyl groups excluding tert-OH is 1. The number of aliphatic hydroxyl groups is 1. The van der Waals surface area contributed by atoms with E-state index in [0.29, 0.717) is 13.0 Å². The first kappa shape index (κ1) is 5.98. The van der Waals surface area contributed by atoms with Gasteiger partial charge in [0.2, 0.25) is 0 Å². The van der Waals surface area contributed by atoms with Crippen molar-refractivity contribution in [1.82, 2.24) is 5.32 Å². The topological polar surface area (TPSA) is 32.3 Å². The largest absolute Gasteiger partial charge is 0.392 e. The van der Waals surface area contributed by atoms with E-state index in [-0.39, 0.29) is 18.8 Å². The van der Waals surface area contributed by atoms with Gasteiger partial charge < -0.3 is 10.4 Å². The smallest absolute Gasteiger partial charge is 0.105 e. The number of β-amino-alcohol motifs (C(OH)–C–C–N with tert-alkyl or cyclic N) is 1. The summed E-state index contributed by atoms with van der Waals surface area (Å²) in [6, 6.07) is -0.0926. The van der Waals surface area contributed by atoms with Crippen molar-refractivity contribution < 1.29 is 9.50 Å². The Bertz CT molecular complexity index is 78.8. The molecule has 0 spiro atoms. The fourth-order valence-electron chi connectivity index (χ4n) is 0.915. The Labute approximate surface area is 47.7 Å². The third-order valence-corrected chi connectivity index (χ3v) is 1.39. The van der Waals surface area contributed by atoms with Crippen molar-refractivity contribution in [2.75, 3.05) is 13.2 Å². The monoisotopic (exact) mass is 119 g/mol. The molecule has 1 aliphatic heterocycles. The number of hydrogen-bond donors (Lipinski definition) is 2. The van der Waals surface area contributed by atoms with Crippen molar-refractivity contribution >= 4 is 0 Å². The molecule has 1 rings (SSSR count). The summed E-state index contributed by atoms with van der Waals surface area (Å²) in [6.45, 7) is 0.186. The fourth-order valence-corrected chi connectivity index (χ4v) is 0.915. The first-order chi connectivity index (χ1) is 3.83. The van der Waals surface area contributed by atoms with E-state index in [9.17, 15) is 4.39 Å². The second kappa shape index (κ2) is 2.42. The minimum Gasteiger partial charge on any atom is -0.392 e.